The Balaban J connectivity index is 1.72. The van der Waals surface area contributed by atoms with Crippen LogP contribution in [0.1, 0.15) is 16.8 Å². The molecule has 2 aromatic carbocycles. The smallest absolute Gasteiger partial charge is 0.370 e. The summed E-state index contributed by atoms with van der Waals surface area (Å²) in [6.45, 7) is 2.42. The van der Waals surface area contributed by atoms with Crippen LogP contribution in [-0.4, -0.2) is 16.5 Å². The van der Waals surface area contributed by atoms with Gasteiger partial charge in [0.15, 0.2) is 0 Å². The Hall–Kier alpha value is -3.09. The van der Waals surface area contributed by atoms with E-state index in [-0.39, 0.29) is 11.6 Å². The van der Waals surface area contributed by atoms with Gasteiger partial charge in [-0.25, -0.2) is 4.98 Å². The summed E-state index contributed by atoms with van der Waals surface area (Å²) in [5.41, 5.74) is 1.01. The van der Waals surface area contributed by atoms with Crippen molar-refractivity contribution >= 4 is 17.5 Å². The van der Waals surface area contributed by atoms with Crippen LogP contribution in [0, 0.1) is 6.92 Å². The normalized spacial score (nSPS) is 11.3. The number of halogens is 3. The lowest BCUT2D eigenvalue weighted by atomic mass is 10.1. The number of para-hydroxylation sites is 1. The van der Waals surface area contributed by atoms with E-state index in [1.54, 1.807) is 13.0 Å². The van der Waals surface area contributed by atoms with Gasteiger partial charge in [0.05, 0.1) is 11.3 Å². The van der Waals surface area contributed by atoms with E-state index < -0.39 is 11.7 Å². The van der Waals surface area contributed by atoms with Crippen molar-refractivity contribution < 1.29 is 13.2 Å². The van der Waals surface area contributed by atoms with Gasteiger partial charge in [-0.2, -0.15) is 18.2 Å². The zero-order valence-corrected chi connectivity index (χ0v) is 14.7. The number of aromatic nitrogens is 2. The summed E-state index contributed by atoms with van der Waals surface area (Å²) in [4.78, 5) is 8.47. The van der Waals surface area contributed by atoms with Gasteiger partial charge in [-0.05, 0) is 31.0 Å². The third-order valence-electron chi connectivity index (χ3n) is 3.90. The highest BCUT2D eigenvalue weighted by molar-refractivity contribution is 5.60. The van der Waals surface area contributed by atoms with E-state index in [9.17, 15) is 13.2 Å². The summed E-state index contributed by atoms with van der Waals surface area (Å²) in [6, 6.07) is 17.0. The van der Waals surface area contributed by atoms with E-state index in [2.05, 4.69) is 20.6 Å². The van der Waals surface area contributed by atoms with Crippen LogP contribution in [0.2, 0.25) is 0 Å². The van der Waals surface area contributed by atoms with Crippen molar-refractivity contribution in [1.29, 1.82) is 0 Å². The molecule has 27 heavy (non-hydrogen) atoms. The fraction of sp³-hybridized carbons (Fsp3) is 0.200. The maximum atomic E-state index is 13.1. The quantitative estimate of drug-likeness (QED) is 0.624. The molecule has 0 fully saturated rings. The highest BCUT2D eigenvalue weighted by Crippen LogP contribution is 2.35. The van der Waals surface area contributed by atoms with Gasteiger partial charge in [-0.1, -0.05) is 42.5 Å². The molecule has 0 spiro atoms. The van der Waals surface area contributed by atoms with Crippen LogP contribution in [-0.2, 0) is 12.6 Å². The first-order chi connectivity index (χ1) is 12.9. The Morgan fingerprint density at radius 3 is 2.37 bits per heavy atom. The fourth-order valence-corrected chi connectivity index (χ4v) is 2.65. The minimum absolute atomic E-state index is 0.0779. The molecule has 1 aromatic heterocycles. The molecule has 0 aliphatic rings. The van der Waals surface area contributed by atoms with Crippen molar-refractivity contribution in [3.63, 3.8) is 0 Å². The van der Waals surface area contributed by atoms with E-state index in [4.69, 9.17) is 0 Å². The molecule has 0 unspecified atom stereocenters. The summed E-state index contributed by atoms with van der Waals surface area (Å²) >= 11 is 0. The van der Waals surface area contributed by atoms with Crippen molar-refractivity contribution in [2.75, 3.05) is 17.2 Å². The number of alkyl halides is 3. The molecule has 4 nitrogen and oxygen atoms in total. The Bertz CT molecular complexity index is 895. The van der Waals surface area contributed by atoms with Crippen molar-refractivity contribution in [2.45, 2.75) is 19.5 Å². The molecule has 3 rings (SSSR count). The lowest BCUT2D eigenvalue weighted by Crippen LogP contribution is -2.11. The Morgan fingerprint density at radius 2 is 1.63 bits per heavy atom. The molecule has 0 saturated heterocycles. The number of hydrogen-bond acceptors (Lipinski definition) is 4. The first kappa shape index (κ1) is 18.7. The molecular weight excluding hydrogens is 353 g/mol. The first-order valence-corrected chi connectivity index (χ1v) is 8.48. The highest BCUT2D eigenvalue weighted by Gasteiger charge is 2.33. The molecule has 3 aromatic rings. The van der Waals surface area contributed by atoms with Gasteiger partial charge in [-0.3, -0.25) is 0 Å². The number of anilines is 3. The van der Waals surface area contributed by atoms with E-state index in [0.717, 1.165) is 12.5 Å². The van der Waals surface area contributed by atoms with Crippen LogP contribution in [0.15, 0.2) is 60.7 Å². The minimum Gasteiger partial charge on any atom is -0.370 e. The summed E-state index contributed by atoms with van der Waals surface area (Å²) in [5.74, 6) is 0.680. The molecule has 0 aliphatic heterocycles. The number of rotatable bonds is 6. The molecule has 0 amide bonds. The van der Waals surface area contributed by atoms with Gasteiger partial charge in [-0.15, -0.1) is 0 Å². The minimum atomic E-state index is -4.45. The van der Waals surface area contributed by atoms with Crippen LogP contribution in [0.25, 0.3) is 0 Å². The maximum absolute atomic E-state index is 13.1. The molecule has 0 atom stereocenters. The van der Waals surface area contributed by atoms with Crippen molar-refractivity contribution in [1.82, 2.24) is 9.97 Å². The average molecular weight is 372 g/mol. The molecule has 7 heteroatoms. The zero-order chi connectivity index (χ0) is 19.3. The van der Waals surface area contributed by atoms with Gasteiger partial charge in [0.2, 0.25) is 5.95 Å². The van der Waals surface area contributed by atoms with Crippen molar-refractivity contribution in [2.24, 2.45) is 0 Å². The highest BCUT2D eigenvalue weighted by atomic mass is 19.4. The van der Waals surface area contributed by atoms with Gasteiger partial charge < -0.3 is 10.6 Å². The summed E-state index contributed by atoms with van der Waals surface area (Å²) < 4.78 is 39.4. The second-order valence-corrected chi connectivity index (χ2v) is 6.05. The molecule has 0 aliphatic carbocycles. The lowest BCUT2D eigenvalue weighted by Gasteiger charge is -2.14. The number of nitrogens with zero attached hydrogens (tertiary/aromatic N) is 2. The SMILES string of the molecule is Cc1cc(NCCc2ccccc2)nc(Nc2ccccc2C(F)(F)F)n1. The third kappa shape index (κ3) is 5.20. The van der Waals surface area contributed by atoms with Gasteiger partial charge in [0, 0.05) is 18.3 Å². The maximum Gasteiger partial charge on any atom is 0.418 e. The van der Waals surface area contributed by atoms with Crippen LogP contribution in [0.4, 0.5) is 30.6 Å². The Labute approximate surface area is 155 Å². The average Bonchev–Trinajstić information content (AvgIpc) is 2.62. The summed E-state index contributed by atoms with van der Waals surface area (Å²) in [7, 11) is 0. The summed E-state index contributed by atoms with van der Waals surface area (Å²) in [6.07, 6.45) is -3.65. The van der Waals surface area contributed by atoms with E-state index in [1.807, 2.05) is 30.3 Å². The van der Waals surface area contributed by atoms with Crippen LogP contribution >= 0.6 is 0 Å². The van der Waals surface area contributed by atoms with Crippen LogP contribution in [0.5, 0.6) is 0 Å². The zero-order valence-electron chi connectivity index (χ0n) is 14.7. The number of aryl methyl sites for hydroxylation is 1. The van der Waals surface area contributed by atoms with E-state index >= 15 is 0 Å². The predicted octanol–water partition coefficient (Wildman–Crippen LogP) is 5.20. The molecule has 2 N–H and O–H groups in total. The topological polar surface area (TPSA) is 49.8 Å². The molecular formula is C20H19F3N4. The number of hydrogen-bond donors (Lipinski definition) is 2. The number of nitrogens with one attached hydrogen (secondary N) is 2. The van der Waals surface area contributed by atoms with Crippen molar-refractivity contribution in [3.8, 4) is 0 Å². The van der Waals surface area contributed by atoms with Gasteiger partial charge in [0.1, 0.15) is 5.82 Å². The van der Waals surface area contributed by atoms with Crippen LogP contribution < -0.4 is 10.6 Å². The van der Waals surface area contributed by atoms with Gasteiger partial charge >= 0.3 is 6.18 Å². The monoisotopic (exact) mass is 372 g/mol. The number of benzene rings is 2. The van der Waals surface area contributed by atoms with E-state index in [0.29, 0.717) is 18.1 Å². The Morgan fingerprint density at radius 1 is 0.926 bits per heavy atom. The Kier molecular flexibility index (Phi) is 5.59. The predicted molar refractivity (Wildman–Crippen MR) is 100 cm³/mol. The third-order valence-corrected chi connectivity index (χ3v) is 3.90. The van der Waals surface area contributed by atoms with Crippen molar-refractivity contribution in [3.05, 3.63) is 77.5 Å². The summed E-state index contributed by atoms with van der Waals surface area (Å²) in [5, 5.41) is 5.88. The molecule has 0 saturated carbocycles. The first-order valence-electron chi connectivity index (χ1n) is 8.48. The molecule has 140 valence electrons. The lowest BCUT2D eigenvalue weighted by molar-refractivity contribution is -0.136. The fourth-order valence-electron chi connectivity index (χ4n) is 2.65. The van der Waals surface area contributed by atoms with Gasteiger partial charge in [0.25, 0.3) is 0 Å². The largest absolute Gasteiger partial charge is 0.418 e. The standard InChI is InChI=1S/C20H19F3N4/c1-14-13-18(24-12-11-15-7-3-2-4-8-15)27-19(25-14)26-17-10-6-5-9-16(17)20(21,22)23/h2-10,13H,11-12H2,1H3,(H2,24,25,26,27). The second kappa shape index (κ2) is 8.07. The second-order valence-electron chi connectivity index (χ2n) is 6.05. The molecule has 0 radical (unpaired) electrons. The van der Waals surface area contributed by atoms with Crippen LogP contribution in [0.3, 0.4) is 0 Å². The van der Waals surface area contributed by atoms with E-state index in [1.165, 1.54) is 23.8 Å². The molecule has 0 bridgehead atoms. The molecule has 1 heterocycles.